The van der Waals surface area contributed by atoms with Crippen molar-refractivity contribution in [2.75, 3.05) is 0 Å². The van der Waals surface area contributed by atoms with E-state index in [1.165, 1.54) is 24.1 Å². The van der Waals surface area contributed by atoms with E-state index in [0.29, 0.717) is 0 Å². The van der Waals surface area contributed by atoms with Crippen LogP contribution >= 0.6 is 0 Å². The molecular formula is C15H21IN2. The number of benzene rings is 1. The minimum atomic E-state index is 0. The molecule has 0 aliphatic rings. The maximum Gasteiger partial charge on any atom is 0.248 e. The molecule has 0 aliphatic carbocycles. The first-order chi connectivity index (χ1) is 8.33. The zero-order valence-corrected chi connectivity index (χ0v) is 13.3. The van der Waals surface area contributed by atoms with Crippen molar-refractivity contribution in [2.24, 2.45) is 0 Å². The average Bonchev–Trinajstić information content (AvgIpc) is 2.85. The molecule has 0 amide bonds. The van der Waals surface area contributed by atoms with Crippen molar-refractivity contribution in [1.29, 1.82) is 0 Å². The minimum absolute atomic E-state index is 0. The second-order valence-corrected chi connectivity index (χ2v) is 4.43. The van der Waals surface area contributed by atoms with Crippen LogP contribution in [0.2, 0.25) is 0 Å². The maximum absolute atomic E-state index is 2.25. The highest BCUT2D eigenvalue weighted by atomic mass is 127. The fraction of sp³-hybridized carbons (Fsp3) is 0.400. The number of hydrogen-bond acceptors (Lipinski definition) is 0. The van der Waals surface area contributed by atoms with Gasteiger partial charge in [0.1, 0.15) is 18.1 Å². The van der Waals surface area contributed by atoms with Crippen molar-refractivity contribution < 1.29 is 28.5 Å². The molecule has 0 spiro atoms. The van der Waals surface area contributed by atoms with Gasteiger partial charge in [-0.3, -0.25) is 0 Å². The van der Waals surface area contributed by atoms with E-state index in [1.807, 2.05) is 0 Å². The lowest BCUT2D eigenvalue weighted by Gasteiger charge is -1.98. The van der Waals surface area contributed by atoms with Crippen molar-refractivity contribution in [3.8, 4) is 5.69 Å². The Bertz CT molecular complexity index is 460. The van der Waals surface area contributed by atoms with Gasteiger partial charge in [0.15, 0.2) is 0 Å². The highest BCUT2D eigenvalue weighted by molar-refractivity contribution is 5.27. The van der Waals surface area contributed by atoms with Crippen LogP contribution in [0.5, 0.6) is 0 Å². The third-order valence-corrected chi connectivity index (χ3v) is 3.10. The molecule has 3 heteroatoms. The minimum Gasteiger partial charge on any atom is -1.00 e. The van der Waals surface area contributed by atoms with Gasteiger partial charge >= 0.3 is 0 Å². The third kappa shape index (κ3) is 3.83. The SMILES string of the molecule is CCCCn1cc[n+](-c2ccc(CC)cc2)c1.[I-]. The summed E-state index contributed by atoms with van der Waals surface area (Å²) in [5, 5.41) is 0. The topological polar surface area (TPSA) is 8.81 Å². The Kier molecular flexibility index (Phi) is 6.39. The van der Waals surface area contributed by atoms with Crippen LogP contribution in [0.4, 0.5) is 0 Å². The molecule has 0 bridgehead atoms. The molecule has 2 rings (SSSR count). The molecule has 0 radical (unpaired) electrons. The van der Waals surface area contributed by atoms with E-state index in [-0.39, 0.29) is 24.0 Å². The van der Waals surface area contributed by atoms with Gasteiger partial charge in [-0.25, -0.2) is 9.13 Å². The molecule has 1 heterocycles. The van der Waals surface area contributed by atoms with E-state index in [2.05, 4.69) is 66.0 Å². The molecule has 1 aromatic carbocycles. The van der Waals surface area contributed by atoms with Crippen molar-refractivity contribution in [2.45, 2.75) is 39.7 Å². The van der Waals surface area contributed by atoms with E-state index in [1.54, 1.807) is 0 Å². The van der Waals surface area contributed by atoms with Crippen LogP contribution in [0.25, 0.3) is 5.69 Å². The Balaban J connectivity index is 0.00000162. The predicted molar refractivity (Wildman–Crippen MR) is 70.3 cm³/mol. The summed E-state index contributed by atoms with van der Waals surface area (Å²) in [6, 6.07) is 8.77. The first kappa shape index (κ1) is 15.2. The van der Waals surface area contributed by atoms with Crippen LogP contribution in [0.1, 0.15) is 32.3 Å². The number of hydrogen-bond donors (Lipinski definition) is 0. The predicted octanol–water partition coefficient (Wildman–Crippen LogP) is 0.131. The van der Waals surface area contributed by atoms with Crippen LogP contribution in [0.15, 0.2) is 43.0 Å². The summed E-state index contributed by atoms with van der Waals surface area (Å²) in [5.41, 5.74) is 2.62. The molecule has 0 atom stereocenters. The summed E-state index contributed by atoms with van der Waals surface area (Å²) in [5.74, 6) is 0. The van der Waals surface area contributed by atoms with Gasteiger partial charge in [0.2, 0.25) is 6.33 Å². The van der Waals surface area contributed by atoms with Crippen LogP contribution in [-0.4, -0.2) is 4.57 Å². The fourth-order valence-electron chi connectivity index (χ4n) is 1.92. The van der Waals surface area contributed by atoms with Gasteiger partial charge in [0.25, 0.3) is 0 Å². The highest BCUT2D eigenvalue weighted by Gasteiger charge is 2.05. The van der Waals surface area contributed by atoms with Gasteiger partial charge < -0.3 is 24.0 Å². The molecule has 0 N–H and O–H groups in total. The summed E-state index contributed by atoms with van der Waals surface area (Å²) < 4.78 is 4.42. The summed E-state index contributed by atoms with van der Waals surface area (Å²) in [7, 11) is 0. The number of nitrogens with zero attached hydrogens (tertiary/aromatic N) is 2. The van der Waals surface area contributed by atoms with Gasteiger partial charge in [0.05, 0.1) is 6.54 Å². The number of unbranched alkanes of at least 4 members (excludes halogenated alkanes) is 1. The van der Waals surface area contributed by atoms with Crippen molar-refractivity contribution in [3.05, 3.63) is 48.5 Å². The summed E-state index contributed by atoms with van der Waals surface area (Å²) in [6.07, 6.45) is 10.0. The molecular weight excluding hydrogens is 335 g/mol. The van der Waals surface area contributed by atoms with E-state index in [9.17, 15) is 0 Å². The van der Waals surface area contributed by atoms with Crippen LogP contribution in [0, 0.1) is 0 Å². The first-order valence-electron chi connectivity index (χ1n) is 6.50. The average molecular weight is 356 g/mol. The Morgan fingerprint density at radius 1 is 1.11 bits per heavy atom. The number of imidazole rings is 1. The van der Waals surface area contributed by atoms with E-state index in [0.717, 1.165) is 13.0 Å². The zero-order valence-electron chi connectivity index (χ0n) is 11.1. The smallest absolute Gasteiger partial charge is 0.248 e. The number of rotatable bonds is 5. The van der Waals surface area contributed by atoms with E-state index < -0.39 is 0 Å². The van der Waals surface area contributed by atoms with Gasteiger partial charge in [0, 0.05) is 0 Å². The quantitative estimate of drug-likeness (QED) is 0.532. The molecule has 2 nitrogen and oxygen atoms in total. The van der Waals surface area contributed by atoms with E-state index >= 15 is 0 Å². The molecule has 98 valence electrons. The Labute approximate surface area is 127 Å². The lowest BCUT2D eigenvalue weighted by molar-refractivity contribution is -0.595. The Morgan fingerprint density at radius 2 is 1.83 bits per heavy atom. The Hall–Kier alpha value is -0.840. The van der Waals surface area contributed by atoms with E-state index in [4.69, 9.17) is 0 Å². The standard InChI is InChI=1S/C15H21N2.HI/c1-3-5-10-16-11-12-17(13-16)15-8-6-14(4-2)7-9-15;/h6-9,11-13H,3-5,10H2,1-2H3;1H/q+1;/p-1. The molecule has 18 heavy (non-hydrogen) atoms. The molecule has 0 saturated heterocycles. The number of halogens is 1. The van der Waals surface area contributed by atoms with Crippen LogP contribution in [-0.2, 0) is 13.0 Å². The maximum atomic E-state index is 2.25. The highest BCUT2D eigenvalue weighted by Crippen LogP contribution is 2.05. The molecule has 0 saturated carbocycles. The molecule has 1 aromatic heterocycles. The van der Waals surface area contributed by atoms with Gasteiger partial charge in [-0.2, -0.15) is 0 Å². The molecule has 2 aromatic rings. The van der Waals surface area contributed by atoms with Gasteiger partial charge in [-0.1, -0.05) is 32.4 Å². The Morgan fingerprint density at radius 3 is 2.44 bits per heavy atom. The van der Waals surface area contributed by atoms with Crippen molar-refractivity contribution in [1.82, 2.24) is 4.57 Å². The first-order valence-corrected chi connectivity index (χ1v) is 6.50. The normalized spacial score (nSPS) is 10.1. The molecule has 0 fully saturated rings. The van der Waals surface area contributed by atoms with Crippen LogP contribution < -0.4 is 28.5 Å². The fourth-order valence-corrected chi connectivity index (χ4v) is 1.92. The summed E-state index contributed by atoms with van der Waals surface area (Å²) in [6.45, 7) is 5.51. The summed E-state index contributed by atoms with van der Waals surface area (Å²) >= 11 is 0. The zero-order chi connectivity index (χ0) is 12.1. The number of aryl methyl sites for hydroxylation is 2. The van der Waals surface area contributed by atoms with Crippen molar-refractivity contribution in [3.63, 3.8) is 0 Å². The lowest BCUT2D eigenvalue weighted by atomic mass is 10.1. The second-order valence-electron chi connectivity index (χ2n) is 4.43. The molecule has 0 unspecified atom stereocenters. The second kappa shape index (κ2) is 7.56. The largest absolute Gasteiger partial charge is 1.00 e. The van der Waals surface area contributed by atoms with Crippen LogP contribution in [0.3, 0.4) is 0 Å². The monoisotopic (exact) mass is 356 g/mol. The van der Waals surface area contributed by atoms with Gasteiger partial charge in [-0.15, -0.1) is 0 Å². The summed E-state index contributed by atoms with van der Waals surface area (Å²) in [4.78, 5) is 0. The van der Waals surface area contributed by atoms with Crippen molar-refractivity contribution >= 4 is 0 Å². The van der Waals surface area contributed by atoms with Gasteiger partial charge in [-0.05, 0) is 30.5 Å². The number of aromatic nitrogens is 2. The third-order valence-electron chi connectivity index (χ3n) is 3.10. The lowest BCUT2D eigenvalue weighted by Crippen LogP contribution is -3.00. The molecule has 0 aliphatic heterocycles.